The molecule has 0 N–H and O–H groups in total. The number of nitriles is 1. The van der Waals surface area contributed by atoms with Crippen LogP contribution >= 0.6 is 0 Å². The Bertz CT molecular complexity index is 834. The van der Waals surface area contributed by atoms with Crippen molar-refractivity contribution in [1.82, 2.24) is 14.5 Å². The number of rotatable bonds is 3. The van der Waals surface area contributed by atoms with Crippen LogP contribution in [-0.2, 0) is 18.4 Å². The molecule has 6 nitrogen and oxygen atoms in total. The first-order valence-electron chi connectivity index (χ1n) is 8.58. The second kappa shape index (κ2) is 6.01. The predicted octanol–water partition coefficient (Wildman–Crippen LogP) is 1.92. The number of carbonyl (C=O) groups excluding carboxylic acids is 1. The second-order valence-electron chi connectivity index (χ2n) is 7.23. The zero-order chi connectivity index (χ0) is 17.4. The standard InChI is InChI=1S/C19H21N5O/c1-22-9-7-21-17(22)12-23-8-6-19(13-23)10-18(25)24(14-19)16-4-2-15(11-20)3-5-16/h2-5,7,9H,6,8,10,12-14H2,1H3/t19-/m1/s1. The first-order valence-corrected chi connectivity index (χ1v) is 8.58. The van der Waals surface area contributed by atoms with Crippen molar-refractivity contribution in [3.05, 3.63) is 48.0 Å². The number of benzene rings is 1. The molecule has 0 aliphatic carbocycles. The lowest BCUT2D eigenvalue weighted by molar-refractivity contribution is -0.117. The molecule has 4 rings (SSSR count). The quantitative estimate of drug-likeness (QED) is 0.859. The van der Waals surface area contributed by atoms with E-state index in [2.05, 4.69) is 16.0 Å². The lowest BCUT2D eigenvalue weighted by Crippen LogP contribution is -2.31. The fourth-order valence-electron chi connectivity index (χ4n) is 4.03. The van der Waals surface area contributed by atoms with Gasteiger partial charge < -0.3 is 9.47 Å². The van der Waals surface area contributed by atoms with Crippen LogP contribution < -0.4 is 4.90 Å². The molecule has 6 heteroatoms. The van der Waals surface area contributed by atoms with Gasteiger partial charge >= 0.3 is 0 Å². The van der Waals surface area contributed by atoms with E-state index < -0.39 is 0 Å². The third kappa shape index (κ3) is 2.92. The number of aromatic nitrogens is 2. The number of carbonyl (C=O) groups is 1. The molecule has 1 atom stereocenters. The van der Waals surface area contributed by atoms with Gasteiger partial charge in [0, 0.05) is 50.1 Å². The number of hydrogen-bond acceptors (Lipinski definition) is 4. The summed E-state index contributed by atoms with van der Waals surface area (Å²) in [5, 5.41) is 8.92. The highest BCUT2D eigenvalue weighted by Crippen LogP contribution is 2.42. The van der Waals surface area contributed by atoms with E-state index in [4.69, 9.17) is 5.26 Å². The van der Waals surface area contributed by atoms with Gasteiger partial charge in [0.1, 0.15) is 5.82 Å². The zero-order valence-corrected chi connectivity index (χ0v) is 14.4. The molecule has 1 aromatic carbocycles. The largest absolute Gasteiger partial charge is 0.337 e. The van der Waals surface area contributed by atoms with E-state index in [1.807, 2.05) is 41.0 Å². The molecule has 0 unspecified atom stereocenters. The summed E-state index contributed by atoms with van der Waals surface area (Å²) < 4.78 is 2.05. The maximum Gasteiger partial charge on any atom is 0.227 e. The average Bonchev–Trinajstić information content (AvgIpc) is 3.29. The van der Waals surface area contributed by atoms with Gasteiger partial charge in [-0.05, 0) is 37.2 Å². The van der Waals surface area contributed by atoms with Crippen molar-refractivity contribution in [3.8, 4) is 6.07 Å². The topological polar surface area (TPSA) is 65.2 Å². The van der Waals surface area contributed by atoms with E-state index in [9.17, 15) is 4.79 Å². The summed E-state index contributed by atoms with van der Waals surface area (Å²) in [4.78, 5) is 21.3. The maximum absolute atomic E-state index is 12.6. The summed E-state index contributed by atoms with van der Waals surface area (Å²) >= 11 is 0. The molecule has 2 fully saturated rings. The van der Waals surface area contributed by atoms with Crippen molar-refractivity contribution in [2.24, 2.45) is 12.5 Å². The van der Waals surface area contributed by atoms with Crippen LogP contribution in [0.25, 0.3) is 0 Å². The minimum absolute atomic E-state index is 0.0378. The fraction of sp³-hybridized carbons (Fsp3) is 0.421. The first-order chi connectivity index (χ1) is 12.1. The number of amides is 1. The van der Waals surface area contributed by atoms with E-state index >= 15 is 0 Å². The number of likely N-dealkylation sites (tertiary alicyclic amines) is 1. The van der Waals surface area contributed by atoms with Gasteiger partial charge in [-0.15, -0.1) is 0 Å². The van der Waals surface area contributed by atoms with Gasteiger partial charge in [-0.2, -0.15) is 5.26 Å². The van der Waals surface area contributed by atoms with Gasteiger partial charge in [0.15, 0.2) is 0 Å². The Labute approximate surface area is 147 Å². The SMILES string of the molecule is Cn1ccnc1CN1CC[C@@]2(CC(=O)N(c3ccc(C#N)cc3)C2)C1. The summed E-state index contributed by atoms with van der Waals surface area (Å²) in [5.41, 5.74) is 1.55. The highest BCUT2D eigenvalue weighted by Gasteiger charge is 2.47. The van der Waals surface area contributed by atoms with Gasteiger partial charge in [-0.3, -0.25) is 9.69 Å². The molecule has 0 bridgehead atoms. The number of imidazole rings is 1. The fourth-order valence-corrected chi connectivity index (χ4v) is 4.03. The maximum atomic E-state index is 12.6. The van der Waals surface area contributed by atoms with E-state index in [-0.39, 0.29) is 11.3 Å². The Balaban J connectivity index is 1.46. The molecule has 2 aliphatic heterocycles. The molecule has 0 radical (unpaired) electrons. The summed E-state index contributed by atoms with van der Waals surface area (Å²) in [7, 11) is 2.01. The molecule has 25 heavy (non-hydrogen) atoms. The molecular weight excluding hydrogens is 314 g/mol. The Morgan fingerprint density at radius 1 is 1.28 bits per heavy atom. The van der Waals surface area contributed by atoms with E-state index in [0.717, 1.165) is 44.1 Å². The van der Waals surface area contributed by atoms with Crippen LogP contribution in [0.5, 0.6) is 0 Å². The third-order valence-corrected chi connectivity index (χ3v) is 5.43. The van der Waals surface area contributed by atoms with E-state index in [1.165, 1.54) is 0 Å². The monoisotopic (exact) mass is 335 g/mol. The number of nitrogens with zero attached hydrogens (tertiary/aromatic N) is 5. The van der Waals surface area contributed by atoms with Crippen LogP contribution in [0.1, 0.15) is 24.2 Å². The van der Waals surface area contributed by atoms with Crippen LogP contribution in [0.2, 0.25) is 0 Å². The Hall–Kier alpha value is -2.65. The molecular formula is C19H21N5O. The summed E-state index contributed by atoms with van der Waals surface area (Å²) in [6.45, 7) is 3.52. The predicted molar refractivity (Wildman–Crippen MR) is 93.7 cm³/mol. The highest BCUT2D eigenvalue weighted by atomic mass is 16.2. The van der Waals surface area contributed by atoms with Crippen molar-refractivity contribution in [3.63, 3.8) is 0 Å². The highest BCUT2D eigenvalue weighted by molar-refractivity contribution is 5.96. The Kier molecular flexibility index (Phi) is 3.81. The van der Waals surface area contributed by atoms with Crippen molar-refractivity contribution in [2.75, 3.05) is 24.5 Å². The Morgan fingerprint density at radius 3 is 2.76 bits per heavy atom. The van der Waals surface area contributed by atoms with Crippen LogP contribution in [0, 0.1) is 16.7 Å². The molecule has 2 saturated heterocycles. The van der Waals surface area contributed by atoms with Gasteiger partial charge in [0.05, 0.1) is 18.2 Å². The van der Waals surface area contributed by atoms with Gasteiger partial charge in [0.2, 0.25) is 5.91 Å². The molecule has 2 aliphatic rings. The summed E-state index contributed by atoms with van der Waals surface area (Å²) in [5.74, 6) is 1.24. The zero-order valence-electron chi connectivity index (χ0n) is 14.4. The van der Waals surface area contributed by atoms with Crippen molar-refractivity contribution < 1.29 is 4.79 Å². The normalized spacial score (nSPS) is 23.5. The first kappa shape index (κ1) is 15.9. The number of anilines is 1. The van der Waals surface area contributed by atoms with Gasteiger partial charge in [-0.25, -0.2) is 4.98 Å². The number of hydrogen-bond donors (Lipinski definition) is 0. The lowest BCUT2D eigenvalue weighted by atomic mass is 9.86. The van der Waals surface area contributed by atoms with Gasteiger partial charge in [0.25, 0.3) is 0 Å². The Morgan fingerprint density at radius 2 is 2.08 bits per heavy atom. The summed E-state index contributed by atoms with van der Waals surface area (Å²) in [6, 6.07) is 9.41. The van der Waals surface area contributed by atoms with Crippen molar-refractivity contribution in [1.29, 1.82) is 5.26 Å². The van der Waals surface area contributed by atoms with Crippen LogP contribution in [0.15, 0.2) is 36.7 Å². The van der Waals surface area contributed by atoms with Crippen LogP contribution in [-0.4, -0.2) is 40.0 Å². The third-order valence-electron chi connectivity index (χ3n) is 5.43. The molecule has 1 spiro atoms. The lowest BCUT2D eigenvalue weighted by Gasteiger charge is -2.24. The average molecular weight is 335 g/mol. The molecule has 1 amide bonds. The van der Waals surface area contributed by atoms with E-state index in [0.29, 0.717) is 12.0 Å². The van der Waals surface area contributed by atoms with Crippen molar-refractivity contribution >= 4 is 11.6 Å². The van der Waals surface area contributed by atoms with Gasteiger partial charge in [-0.1, -0.05) is 0 Å². The van der Waals surface area contributed by atoms with Crippen molar-refractivity contribution in [2.45, 2.75) is 19.4 Å². The van der Waals surface area contributed by atoms with E-state index in [1.54, 1.807) is 12.1 Å². The smallest absolute Gasteiger partial charge is 0.227 e. The summed E-state index contributed by atoms with van der Waals surface area (Å²) in [6.07, 6.45) is 5.43. The second-order valence-corrected chi connectivity index (χ2v) is 7.23. The minimum atomic E-state index is 0.0378. The molecule has 1 aromatic heterocycles. The molecule has 128 valence electrons. The van der Waals surface area contributed by atoms with Crippen LogP contribution in [0.3, 0.4) is 0 Å². The molecule has 3 heterocycles. The molecule has 0 saturated carbocycles. The minimum Gasteiger partial charge on any atom is -0.337 e. The number of aryl methyl sites for hydroxylation is 1. The van der Waals surface area contributed by atoms with Crippen LogP contribution in [0.4, 0.5) is 5.69 Å². The molecule has 2 aromatic rings.